The van der Waals surface area contributed by atoms with Gasteiger partial charge in [-0.1, -0.05) is 22.4 Å². The minimum Gasteiger partial charge on any atom is -0.548 e. The van der Waals surface area contributed by atoms with Gasteiger partial charge in [0.05, 0.1) is 16.9 Å². The molecule has 19 heavy (non-hydrogen) atoms. The number of nitrogens with zero attached hydrogens (tertiary/aromatic N) is 1. The Morgan fingerprint density at radius 3 is 2.47 bits per heavy atom. The highest BCUT2D eigenvalue weighted by atomic mass is 79.9. The van der Waals surface area contributed by atoms with E-state index in [1.54, 1.807) is 12.1 Å². The monoisotopic (exact) mass is 346 g/mol. The Labute approximate surface area is 120 Å². The summed E-state index contributed by atoms with van der Waals surface area (Å²) in [6.07, 6.45) is 1.67. The van der Waals surface area contributed by atoms with Crippen LogP contribution < -0.4 is 5.11 Å². The summed E-state index contributed by atoms with van der Waals surface area (Å²) in [5.41, 5.74) is 0. The molecule has 0 N–H and O–H groups in total. The first kappa shape index (κ1) is 14.5. The third-order valence-electron chi connectivity index (χ3n) is 3.15. The van der Waals surface area contributed by atoms with E-state index < -0.39 is 22.0 Å². The number of halogens is 1. The lowest BCUT2D eigenvalue weighted by atomic mass is 10.1. The van der Waals surface area contributed by atoms with Gasteiger partial charge in [-0.2, -0.15) is 4.31 Å². The summed E-state index contributed by atoms with van der Waals surface area (Å²) in [6.45, 7) is 0.219. The highest BCUT2D eigenvalue weighted by Gasteiger charge is 2.34. The molecule has 0 spiro atoms. The van der Waals surface area contributed by atoms with E-state index in [-0.39, 0.29) is 11.4 Å². The molecule has 0 saturated carbocycles. The molecule has 1 aliphatic heterocycles. The number of carbonyl (C=O) groups is 1. The van der Waals surface area contributed by atoms with E-state index in [0.29, 0.717) is 19.3 Å². The quantitative estimate of drug-likeness (QED) is 0.808. The number of piperidine rings is 1. The zero-order valence-corrected chi connectivity index (χ0v) is 12.5. The summed E-state index contributed by atoms with van der Waals surface area (Å²) < 4.78 is 26.7. The van der Waals surface area contributed by atoms with Crippen LogP contribution in [0.3, 0.4) is 0 Å². The van der Waals surface area contributed by atoms with E-state index in [4.69, 9.17) is 0 Å². The maximum absolute atomic E-state index is 12.4. The Bertz CT molecular complexity index is 570. The van der Waals surface area contributed by atoms with Gasteiger partial charge >= 0.3 is 0 Å². The number of carboxylic acids is 1. The molecular weight excluding hydrogens is 334 g/mol. The Hall–Kier alpha value is -0.920. The molecule has 2 rings (SSSR count). The Kier molecular flexibility index (Phi) is 4.27. The van der Waals surface area contributed by atoms with Gasteiger partial charge in [0, 0.05) is 11.0 Å². The molecule has 1 saturated heterocycles. The maximum atomic E-state index is 12.4. The van der Waals surface area contributed by atoms with Crippen molar-refractivity contribution in [2.24, 2.45) is 0 Å². The summed E-state index contributed by atoms with van der Waals surface area (Å²) >= 11 is 3.23. The number of rotatable bonds is 3. The first-order chi connectivity index (χ1) is 8.93. The Morgan fingerprint density at radius 1 is 1.26 bits per heavy atom. The molecule has 5 nitrogen and oxygen atoms in total. The number of carboxylic acid groups (broad SMARTS) is 1. The highest BCUT2D eigenvalue weighted by Crippen LogP contribution is 2.25. The predicted molar refractivity (Wildman–Crippen MR) is 70.7 cm³/mol. The van der Waals surface area contributed by atoms with Crippen LogP contribution in [0.25, 0.3) is 0 Å². The number of aliphatic carboxylic acids is 1. The summed E-state index contributed by atoms with van der Waals surface area (Å²) in [5, 5.41) is 11.1. The van der Waals surface area contributed by atoms with Crippen LogP contribution >= 0.6 is 15.9 Å². The van der Waals surface area contributed by atoms with Crippen molar-refractivity contribution in [1.82, 2.24) is 4.31 Å². The molecule has 104 valence electrons. The molecule has 0 aliphatic carbocycles. The Balaban J connectivity index is 2.37. The Morgan fingerprint density at radius 2 is 1.89 bits per heavy atom. The molecule has 0 aromatic heterocycles. The number of hydrogen-bond acceptors (Lipinski definition) is 4. The fraction of sp³-hybridized carbons (Fsp3) is 0.417. The van der Waals surface area contributed by atoms with Gasteiger partial charge in [0.25, 0.3) is 0 Å². The van der Waals surface area contributed by atoms with E-state index >= 15 is 0 Å². The molecule has 0 unspecified atom stereocenters. The van der Waals surface area contributed by atoms with Crippen molar-refractivity contribution >= 4 is 31.9 Å². The molecule has 1 fully saturated rings. The van der Waals surface area contributed by atoms with Crippen LogP contribution in [0, 0.1) is 0 Å². The average molecular weight is 347 g/mol. The largest absolute Gasteiger partial charge is 0.548 e. The van der Waals surface area contributed by atoms with E-state index in [0.717, 1.165) is 8.78 Å². The third kappa shape index (κ3) is 2.98. The molecule has 1 atom stereocenters. The zero-order chi connectivity index (χ0) is 14.0. The van der Waals surface area contributed by atoms with Crippen LogP contribution in [0.5, 0.6) is 0 Å². The lowest BCUT2D eigenvalue weighted by Crippen LogP contribution is -2.52. The van der Waals surface area contributed by atoms with Crippen LogP contribution in [-0.2, 0) is 14.8 Å². The standard InChI is InChI=1S/C12H14BrNO4S/c13-9-4-6-10(7-5-9)19(17,18)14-8-2-1-3-11(14)12(15)16/h4-7,11H,1-3,8H2,(H,15,16)/p-1/t11-/m1/s1. The molecular formula is C12H13BrNO4S-. The van der Waals surface area contributed by atoms with Crippen LogP contribution in [0.15, 0.2) is 33.6 Å². The lowest BCUT2D eigenvalue weighted by molar-refractivity contribution is -0.311. The first-order valence-electron chi connectivity index (χ1n) is 5.91. The molecule has 1 aromatic carbocycles. The second-order valence-corrected chi connectivity index (χ2v) is 7.21. The van der Waals surface area contributed by atoms with Crippen molar-refractivity contribution in [3.8, 4) is 0 Å². The first-order valence-corrected chi connectivity index (χ1v) is 8.14. The predicted octanol–water partition coefficient (Wildman–Crippen LogP) is 0.742. The molecule has 0 bridgehead atoms. The van der Waals surface area contributed by atoms with Gasteiger partial charge in [-0.15, -0.1) is 0 Å². The van der Waals surface area contributed by atoms with Crippen molar-refractivity contribution in [2.75, 3.05) is 6.54 Å². The minimum absolute atomic E-state index is 0.101. The van der Waals surface area contributed by atoms with E-state index in [9.17, 15) is 18.3 Å². The van der Waals surface area contributed by atoms with Crippen molar-refractivity contribution in [1.29, 1.82) is 0 Å². The fourth-order valence-electron chi connectivity index (χ4n) is 2.17. The van der Waals surface area contributed by atoms with Crippen molar-refractivity contribution in [3.63, 3.8) is 0 Å². The zero-order valence-electron chi connectivity index (χ0n) is 10.1. The SMILES string of the molecule is O=C([O-])[C@H]1CCCCN1S(=O)(=O)c1ccc(Br)cc1. The number of hydrogen-bond donors (Lipinski definition) is 0. The average Bonchev–Trinajstić information content (AvgIpc) is 2.39. The fourth-order valence-corrected chi connectivity index (χ4v) is 4.08. The molecule has 7 heteroatoms. The van der Waals surface area contributed by atoms with E-state index in [1.807, 2.05) is 0 Å². The second-order valence-electron chi connectivity index (χ2n) is 4.40. The van der Waals surface area contributed by atoms with Crippen LogP contribution in [0.4, 0.5) is 0 Å². The lowest BCUT2D eigenvalue weighted by Gasteiger charge is -2.35. The van der Waals surface area contributed by atoms with Gasteiger partial charge in [0.15, 0.2) is 0 Å². The topological polar surface area (TPSA) is 77.5 Å². The molecule has 0 radical (unpaired) electrons. The highest BCUT2D eigenvalue weighted by molar-refractivity contribution is 9.10. The number of sulfonamides is 1. The molecule has 0 amide bonds. The van der Waals surface area contributed by atoms with Gasteiger partial charge in [0.2, 0.25) is 10.0 Å². The summed E-state index contributed by atoms with van der Waals surface area (Å²) in [5.74, 6) is -1.33. The van der Waals surface area contributed by atoms with Crippen molar-refractivity contribution in [3.05, 3.63) is 28.7 Å². The second kappa shape index (κ2) is 5.60. The summed E-state index contributed by atoms with van der Waals surface area (Å²) in [7, 11) is -3.78. The van der Waals surface area contributed by atoms with E-state index in [1.165, 1.54) is 12.1 Å². The van der Waals surface area contributed by atoms with E-state index in [2.05, 4.69) is 15.9 Å². The van der Waals surface area contributed by atoms with Crippen molar-refractivity contribution < 1.29 is 18.3 Å². The third-order valence-corrected chi connectivity index (χ3v) is 5.60. The van der Waals surface area contributed by atoms with Crippen molar-refractivity contribution in [2.45, 2.75) is 30.2 Å². The summed E-state index contributed by atoms with van der Waals surface area (Å²) in [6, 6.07) is 5.08. The normalized spacial score (nSPS) is 21.2. The van der Waals surface area contributed by atoms with Crippen LogP contribution in [0.2, 0.25) is 0 Å². The molecule has 1 aromatic rings. The van der Waals surface area contributed by atoms with Gasteiger partial charge in [0.1, 0.15) is 0 Å². The van der Waals surface area contributed by atoms with Gasteiger partial charge in [-0.25, -0.2) is 8.42 Å². The minimum atomic E-state index is -3.78. The summed E-state index contributed by atoms with van der Waals surface area (Å²) in [4.78, 5) is 11.2. The van der Waals surface area contributed by atoms with Crippen LogP contribution in [-0.4, -0.2) is 31.3 Å². The number of benzene rings is 1. The number of carbonyl (C=O) groups excluding carboxylic acids is 1. The van der Waals surface area contributed by atoms with Crippen LogP contribution in [0.1, 0.15) is 19.3 Å². The molecule has 1 heterocycles. The molecule has 1 aliphatic rings. The smallest absolute Gasteiger partial charge is 0.243 e. The van der Waals surface area contributed by atoms with Gasteiger partial charge < -0.3 is 9.90 Å². The van der Waals surface area contributed by atoms with Gasteiger partial charge in [-0.05, 0) is 37.1 Å². The van der Waals surface area contributed by atoms with Gasteiger partial charge in [-0.3, -0.25) is 0 Å². The maximum Gasteiger partial charge on any atom is 0.243 e.